The van der Waals surface area contributed by atoms with Gasteiger partial charge in [-0.3, -0.25) is 4.79 Å². The van der Waals surface area contributed by atoms with Gasteiger partial charge in [0.15, 0.2) is 0 Å². The summed E-state index contributed by atoms with van der Waals surface area (Å²) in [5, 5.41) is 5.89. The van der Waals surface area contributed by atoms with Crippen molar-refractivity contribution in [2.24, 2.45) is 5.10 Å². The zero-order chi connectivity index (χ0) is 19.1. The highest BCUT2D eigenvalue weighted by Crippen LogP contribution is 2.27. The molecule has 1 aliphatic rings. The molecule has 27 heavy (non-hydrogen) atoms. The number of unbranched alkanes of at least 4 members (excludes halogenated alkanes) is 3. The molecule has 0 unspecified atom stereocenters. The van der Waals surface area contributed by atoms with E-state index in [2.05, 4.69) is 12.0 Å². The van der Waals surface area contributed by atoms with Crippen molar-refractivity contribution >= 4 is 23.4 Å². The Morgan fingerprint density at radius 1 is 1.00 bits per heavy atom. The van der Waals surface area contributed by atoms with Crippen molar-refractivity contribution in [1.82, 2.24) is 0 Å². The van der Waals surface area contributed by atoms with E-state index < -0.39 is 0 Å². The summed E-state index contributed by atoms with van der Waals surface area (Å²) in [6.07, 6.45) is 6.54. The molecule has 140 valence electrons. The minimum absolute atomic E-state index is 0.114. The maximum Gasteiger partial charge on any atom is 0.280 e. The number of hydrogen-bond acceptors (Lipinski definition) is 3. The number of para-hydroxylation sites is 2. The molecule has 0 fully saturated rings. The molecule has 0 bridgehead atoms. The minimum atomic E-state index is -0.114. The second-order valence-corrected chi connectivity index (χ2v) is 6.64. The number of benzene rings is 2. The van der Waals surface area contributed by atoms with Crippen LogP contribution in [0.3, 0.4) is 0 Å². The first-order chi connectivity index (χ1) is 13.2. The highest BCUT2D eigenvalue weighted by molar-refractivity contribution is 6.32. The SMILES string of the molecule is CCCCCCOc1ccccc1/C=C1\C(=O)N(c2ccccc2)N=C1C. The van der Waals surface area contributed by atoms with Gasteiger partial charge in [-0.15, -0.1) is 0 Å². The van der Waals surface area contributed by atoms with Crippen LogP contribution in [0, 0.1) is 0 Å². The zero-order valence-corrected chi connectivity index (χ0v) is 16.0. The van der Waals surface area contributed by atoms with Crippen LogP contribution in [0.2, 0.25) is 0 Å². The van der Waals surface area contributed by atoms with Crippen LogP contribution in [0.15, 0.2) is 65.3 Å². The molecule has 2 aromatic carbocycles. The quantitative estimate of drug-likeness (QED) is 0.463. The summed E-state index contributed by atoms with van der Waals surface area (Å²) >= 11 is 0. The average Bonchev–Trinajstić information content (AvgIpc) is 2.98. The van der Waals surface area contributed by atoms with Gasteiger partial charge < -0.3 is 4.74 Å². The van der Waals surface area contributed by atoms with Crippen LogP contribution in [0.1, 0.15) is 45.1 Å². The molecule has 1 aliphatic heterocycles. The van der Waals surface area contributed by atoms with Crippen LogP contribution in [0.5, 0.6) is 5.75 Å². The zero-order valence-electron chi connectivity index (χ0n) is 16.0. The van der Waals surface area contributed by atoms with Gasteiger partial charge in [0.05, 0.1) is 23.6 Å². The van der Waals surface area contributed by atoms with Gasteiger partial charge in [-0.1, -0.05) is 62.6 Å². The first-order valence-electron chi connectivity index (χ1n) is 9.59. The molecule has 0 saturated heterocycles. The predicted octanol–water partition coefficient (Wildman–Crippen LogP) is 5.45. The molecule has 1 amide bonds. The maximum atomic E-state index is 12.9. The molecule has 4 nitrogen and oxygen atoms in total. The summed E-state index contributed by atoms with van der Waals surface area (Å²) in [4.78, 5) is 12.9. The van der Waals surface area contributed by atoms with Crippen LogP contribution in [-0.4, -0.2) is 18.2 Å². The molecule has 0 radical (unpaired) electrons. The van der Waals surface area contributed by atoms with E-state index in [0.29, 0.717) is 17.9 Å². The lowest BCUT2D eigenvalue weighted by Gasteiger charge is -2.12. The van der Waals surface area contributed by atoms with Crippen molar-refractivity contribution in [2.75, 3.05) is 11.6 Å². The van der Waals surface area contributed by atoms with Crippen molar-refractivity contribution in [3.05, 3.63) is 65.7 Å². The van der Waals surface area contributed by atoms with Crippen molar-refractivity contribution in [1.29, 1.82) is 0 Å². The van der Waals surface area contributed by atoms with Gasteiger partial charge in [0.25, 0.3) is 5.91 Å². The fourth-order valence-electron chi connectivity index (χ4n) is 3.03. The van der Waals surface area contributed by atoms with Gasteiger partial charge in [-0.25, -0.2) is 0 Å². The molecule has 1 heterocycles. The first-order valence-corrected chi connectivity index (χ1v) is 9.59. The number of carbonyl (C=O) groups excluding carboxylic acids is 1. The van der Waals surface area contributed by atoms with Crippen LogP contribution >= 0.6 is 0 Å². The molecule has 2 aromatic rings. The largest absolute Gasteiger partial charge is 0.493 e. The third kappa shape index (κ3) is 4.64. The topological polar surface area (TPSA) is 41.9 Å². The van der Waals surface area contributed by atoms with Crippen LogP contribution in [-0.2, 0) is 4.79 Å². The number of hydrazone groups is 1. The van der Waals surface area contributed by atoms with Crippen molar-refractivity contribution in [2.45, 2.75) is 39.5 Å². The van der Waals surface area contributed by atoms with E-state index in [9.17, 15) is 4.79 Å². The van der Waals surface area contributed by atoms with Crippen LogP contribution < -0.4 is 9.75 Å². The summed E-state index contributed by atoms with van der Waals surface area (Å²) in [5.41, 5.74) is 2.98. The molecular formula is C23H26N2O2. The second-order valence-electron chi connectivity index (χ2n) is 6.64. The van der Waals surface area contributed by atoms with E-state index in [1.54, 1.807) is 0 Å². The third-order valence-corrected chi connectivity index (χ3v) is 4.54. The van der Waals surface area contributed by atoms with E-state index in [4.69, 9.17) is 4.74 Å². The molecule has 0 aliphatic carbocycles. The summed E-state index contributed by atoms with van der Waals surface area (Å²) in [5.74, 6) is 0.691. The van der Waals surface area contributed by atoms with E-state index in [0.717, 1.165) is 23.4 Å². The Bertz CT molecular complexity index is 840. The highest BCUT2D eigenvalue weighted by atomic mass is 16.5. The number of anilines is 1. The Kier molecular flexibility index (Phi) is 6.42. The Labute approximate surface area is 161 Å². The Morgan fingerprint density at radius 3 is 2.52 bits per heavy atom. The molecular weight excluding hydrogens is 336 g/mol. The number of carbonyl (C=O) groups is 1. The first kappa shape index (κ1) is 18.9. The summed E-state index contributed by atoms with van der Waals surface area (Å²) < 4.78 is 5.97. The van der Waals surface area contributed by atoms with Gasteiger partial charge >= 0.3 is 0 Å². The predicted molar refractivity (Wildman–Crippen MR) is 111 cm³/mol. The minimum Gasteiger partial charge on any atom is -0.493 e. The van der Waals surface area contributed by atoms with Crippen molar-refractivity contribution < 1.29 is 9.53 Å². The highest BCUT2D eigenvalue weighted by Gasteiger charge is 2.28. The average molecular weight is 362 g/mol. The normalized spacial score (nSPS) is 15.3. The number of rotatable bonds is 8. The molecule has 0 aromatic heterocycles. The van der Waals surface area contributed by atoms with Crippen molar-refractivity contribution in [3.63, 3.8) is 0 Å². The smallest absolute Gasteiger partial charge is 0.280 e. The van der Waals surface area contributed by atoms with Gasteiger partial charge in [-0.2, -0.15) is 10.1 Å². The summed E-state index contributed by atoms with van der Waals surface area (Å²) in [6, 6.07) is 17.3. The monoisotopic (exact) mass is 362 g/mol. The molecule has 4 heteroatoms. The third-order valence-electron chi connectivity index (χ3n) is 4.54. The lowest BCUT2D eigenvalue weighted by Crippen LogP contribution is -2.21. The lowest BCUT2D eigenvalue weighted by molar-refractivity contribution is -0.114. The number of nitrogens with zero attached hydrogens (tertiary/aromatic N) is 2. The molecule has 0 atom stereocenters. The van der Waals surface area contributed by atoms with Gasteiger partial charge in [0.2, 0.25) is 0 Å². The second kappa shape index (κ2) is 9.17. The Morgan fingerprint density at radius 2 is 1.74 bits per heavy atom. The molecule has 0 saturated carbocycles. The van der Waals surface area contributed by atoms with Crippen LogP contribution in [0.25, 0.3) is 6.08 Å². The Hall–Kier alpha value is -2.88. The molecule has 0 N–H and O–H groups in total. The van der Waals surface area contributed by atoms with Gasteiger partial charge in [0.1, 0.15) is 5.75 Å². The Balaban J connectivity index is 1.77. The van der Waals surface area contributed by atoms with Crippen molar-refractivity contribution in [3.8, 4) is 5.75 Å². The molecule has 3 rings (SSSR count). The fourth-order valence-corrected chi connectivity index (χ4v) is 3.03. The fraction of sp³-hybridized carbons (Fsp3) is 0.304. The number of ether oxygens (including phenoxy) is 1. The van der Waals surface area contributed by atoms with Crippen LogP contribution in [0.4, 0.5) is 5.69 Å². The standard InChI is InChI=1S/C23H26N2O2/c1-3-4-5-11-16-27-22-15-10-9-12-19(22)17-21-18(2)24-25(23(21)26)20-13-7-6-8-14-20/h6-10,12-15,17H,3-5,11,16H2,1-2H3/b21-17-. The lowest BCUT2D eigenvalue weighted by atomic mass is 10.1. The van der Waals surface area contributed by atoms with E-state index in [1.165, 1.54) is 24.3 Å². The number of hydrogen-bond donors (Lipinski definition) is 0. The van der Waals surface area contributed by atoms with E-state index in [1.807, 2.05) is 67.6 Å². The summed E-state index contributed by atoms with van der Waals surface area (Å²) in [6.45, 7) is 4.75. The van der Waals surface area contributed by atoms with E-state index in [-0.39, 0.29) is 5.91 Å². The van der Waals surface area contributed by atoms with Gasteiger partial charge in [0, 0.05) is 5.56 Å². The maximum absolute atomic E-state index is 12.9. The summed E-state index contributed by atoms with van der Waals surface area (Å²) in [7, 11) is 0. The van der Waals surface area contributed by atoms with Gasteiger partial charge in [-0.05, 0) is 37.6 Å². The van der Waals surface area contributed by atoms with E-state index >= 15 is 0 Å². The number of amides is 1. The molecule has 0 spiro atoms.